The summed E-state index contributed by atoms with van der Waals surface area (Å²) in [6, 6.07) is 8.22. The average Bonchev–Trinajstić information content (AvgIpc) is 2.39. The second-order valence-electron chi connectivity index (χ2n) is 4.12. The summed E-state index contributed by atoms with van der Waals surface area (Å²) in [6.07, 6.45) is 1.60. The number of thiol groups is 2. The zero-order chi connectivity index (χ0) is 17.6. The molecule has 22 heavy (non-hydrogen) atoms. The highest BCUT2D eigenvalue weighted by molar-refractivity contribution is 9.10. The molecule has 1 N–H and O–H groups in total. The quantitative estimate of drug-likeness (QED) is 0.390. The normalized spacial score (nSPS) is 9.50. The number of halogens is 1. The van der Waals surface area contributed by atoms with Gasteiger partial charge in [0.2, 0.25) is 0 Å². The molecule has 5 nitrogen and oxygen atoms in total. The van der Waals surface area contributed by atoms with Crippen molar-refractivity contribution in [1.29, 1.82) is 0 Å². The summed E-state index contributed by atoms with van der Waals surface area (Å²) in [7, 11) is -2.90. The molecular weight excluding hydrogens is 410 g/mol. The summed E-state index contributed by atoms with van der Waals surface area (Å²) in [5.74, 6) is 0.0983. The molecule has 1 aromatic rings. The number of carbonyl (C=O) groups excluding carboxylic acids is 2. The van der Waals surface area contributed by atoms with Gasteiger partial charge in [-0.3, -0.25) is 9.59 Å². The van der Waals surface area contributed by atoms with Gasteiger partial charge < -0.3 is 5.32 Å². The molecule has 0 unspecified atom stereocenters. The van der Waals surface area contributed by atoms with E-state index in [1.165, 1.54) is 5.56 Å². The van der Waals surface area contributed by atoms with Crippen molar-refractivity contribution < 1.29 is 18.0 Å². The van der Waals surface area contributed by atoms with E-state index in [0.29, 0.717) is 18.6 Å². The highest BCUT2D eigenvalue weighted by Crippen LogP contribution is 2.08. The smallest absolute Gasteiger partial charge is 0.275 e. The molecule has 1 rings (SSSR count). The Morgan fingerprint density at radius 3 is 2.09 bits per heavy atom. The van der Waals surface area contributed by atoms with Gasteiger partial charge in [-0.25, -0.2) is 8.42 Å². The summed E-state index contributed by atoms with van der Waals surface area (Å²) in [6.45, 7) is 2.43. The van der Waals surface area contributed by atoms with E-state index in [4.69, 9.17) is 4.79 Å². The van der Waals surface area contributed by atoms with Crippen molar-refractivity contribution in [2.45, 2.75) is 13.3 Å². The summed E-state index contributed by atoms with van der Waals surface area (Å²) < 4.78 is 22.2. The number of benzene rings is 1. The first-order valence-corrected chi connectivity index (χ1v) is 9.88. The van der Waals surface area contributed by atoms with Crippen LogP contribution in [0.1, 0.15) is 12.0 Å². The lowest BCUT2D eigenvalue weighted by Gasteiger charge is -1.98. The van der Waals surface area contributed by atoms with Gasteiger partial charge in [-0.1, -0.05) is 46.3 Å². The third-order valence-electron chi connectivity index (χ3n) is 1.98. The van der Waals surface area contributed by atoms with E-state index in [-0.39, 0.29) is 5.75 Å². The maximum atomic E-state index is 10.5. The number of amides is 1. The van der Waals surface area contributed by atoms with Crippen LogP contribution < -0.4 is 5.32 Å². The van der Waals surface area contributed by atoms with Crippen LogP contribution in [-0.4, -0.2) is 37.8 Å². The topological polar surface area (TPSA) is 80.3 Å². The maximum absolute atomic E-state index is 10.5. The number of aryl methyl sites for hydroxylation is 1. The van der Waals surface area contributed by atoms with Gasteiger partial charge in [-0.15, -0.1) is 12.6 Å². The predicted molar refractivity (Wildman–Crippen MR) is 101 cm³/mol. The Hall–Kier alpha value is -0.510. The van der Waals surface area contributed by atoms with Crippen molar-refractivity contribution in [3.63, 3.8) is 0 Å². The third kappa shape index (κ3) is 21.8. The second-order valence-corrected chi connectivity index (χ2v) is 7.91. The lowest BCUT2D eigenvalue weighted by Crippen LogP contribution is -2.20. The van der Waals surface area contributed by atoms with Crippen LogP contribution in [0, 0.1) is 6.92 Å². The van der Waals surface area contributed by atoms with Gasteiger partial charge in [0.1, 0.15) is 9.84 Å². The van der Waals surface area contributed by atoms with Crippen LogP contribution in [0.15, 0.2) is 28.7 Å². The van der Waals surface area contributed by atoms with Crippen molar-refractivity contribution in [3.8, 4) is 0 Å². The van der Waals surface area contributed by atoms with Crippen LogP contribution in [0.25, 0.3) is 0 Å². The van der Waals surface area contributed by atoms with Crippen molar-refractivity contribution >= 4 is 61.9 Å². The van der Waals surface area contributed by atoms with E-state index in [2.05, 4.69) is 65.6 Å². The molecule has 0 atom stereocenters. The first-order valence-electron chi connectivity index (χ1n) is 6.07. The van der Waals surface area contributed by atoms with Crippen molar-refractivity contribution in [2.24, 2.45) is 0 Å². The maximum Gasteiger partial charge on any atom is 0.275 e. The minimum absolute atomic E-state index is 0.0983. The number of sulfone groups is 1. The third-order valence-corrected chi connectivity index (χ3v) is 3.70. The molecular formula is C13H20BrNO4S3. The fraction of sp³-hybridized carbons (Fsp3) is 0.385. The zero-order valence-electron chi connectivity index (χ0n) is 12.3. The lowest BCUT2D eigenvalue weighted by molar-refractivity contribution is 0.261. The molecule has 0 heterocycles. The van der Waals surface area contributed by atoms with E-state index >= 15 is 0 Å². The van der Waals surface area contributed by atoms with Crippen molar-refractivity contribution in [2.75, 3.05) is 18.6 Å². The predicted octanol–water partition coefficient (Wildman–Crippen LogP) is 2.92. The molecule has 0 spiro atoms. The Morgan fingerprint density at radius 2 is 1.77 bits per heavy atom. The average molecular weight is 430 g/mol. The lowest BCUT2D eigenvalue weighted by atomic mass is 10.2. The SMILES string of the molecule is CS(=O)(=O)CCCNC(=O)S.Cc1ccc(Br)cc1.O=CS. The molecule has 0 aliphatic rings. The first kappa shape index (κ1) is 23.8. The summed E-state index contributed by atoms with van der Waals surface area (Å²) in [5.41, 5.74) is 1.74. The molecule has 126 valence electrons. The van der Waals surface area contributed by atoms with E-state index in [1.54, 1.807) is 0 Å². The minimum Gasteiger partial charge on any atom is -0.347 e. The first-order chi connectivity index (χ1) is 10.1. The van der Waals surface area contributed by atoms with E-state index in [1.807, 2.05) is 12.1 Å². The van der Waals surface area contributed by atoms with Crippen LogP contribution in [0.2, 0.25) is 0 Å². The van der Waals surface area contributed by atoms with Crippen LogP contribution in [0.3, 0.4) is 0 Å². The highest BCUT2D eigenvalue weighted by Gasteiger charge is 2.00. The highest BCUT2D eigenvalue weighted by atomic mass is 79.9. The molecule has 0 aliphatic heterocycles. The van der Waals surface area contributed by atoms with Crippen molar-refractivity contribution in [1.82, 2.24) is 5.32 Å². The molecule has 1 aromatic carbocycles. The molecule has 0 aromatic heterocycles. The minimum atomic E-state index is -2.90. The fourth-order valence-electron chi connectivity index (χ4n) is 1.06. The standard InChI is InChI=1S/C7H7Br.C5H11NO3S2.CH2OS/c1-6-2-4-7(8)5-3-6;1-11(8,9)4-2-3-6-5(7)10;2-1-3/h2-5H,1H3;2-4H2,1H3,(H2,6,7,10);1H,(H,2,3). The van der Waals surface area contributed by atoms with Crippen molar-refractivity contribution in [3.05, 3.63) is 34.3 Å². The number of hydrogen-bond donors (Lipinski definition) is 3. The summed E-state index contributed by atoms with van der Waals surface area (Å²) in [4.78, 5) is 18.8. The molecule has 0 saturated heterocycles. The Labute approximate surface area is 151 Å². The van der Waals surface area contributed by atoms with Crippen LogP contribution in [0.5, 0.6) is 0 Å². The Bertz CT molecular complexity index is 512. The Balaban J connectivity index is 0. The van der Waals surface area contributed by atoms with Crippen LogP contribution in [-0.2, 0) is 14.6 Å². The summed E-state index contributed by atoms with van der Waals surface area (Å²) in [5, 5.41) is 1.95. The monoisotopic (exact) mass is 429 g/mol. The van der Waals surface area contributed by atoms with Gasteiger partial charge in [0.05, 0.1) is 5.75 Å². The number of rotatable bonds is 4. The molecule has 0 saturated carbocycles. The van der Waals surface area contributed by atoms with Gasteiger partial charge in [0.25, 0.3) is 5.24 Å². The fourth-order valence-corrected chi connectivity index (χ4v) is 2.11. The van der Waals surface area contributed by atoms with Gasteiger partial charge >= 0.3 is 0 Å². The van der Waals surface area contributed by atoms with Gasteiger partial charge in [-0.2, -0.15) is 0 Å². The van der Waals surface area contributed by atoms with E-state index in [9.17, 15) is 13.2 Å². The van der Waals surface area contributed by atoms with Crippen LogP contribution in [0.4, 0.5) is 4.79 Å². The Morgan fingerprint density at radius 1 is 1.32 bits per heavy atom. The molecule has 0 aliphatic carbocycles. The molecule has 1 amide bonds. The van der Waals surface area contributed by atoms with Gasteiger partial charge in [0, 0.05) is 17.3 Å². The molecule has 9 heteroatoms. The number of carbonyl (C=O) groups is 2. The van der Waals surface area contributed by atoms with Crippen LogP contribution >= 0.6 is 41.2 Å². The molecule has 0 bridgehead atoms. The summed E-state index contributed by atoms with van der Waals surface area (Å²) >= 11 is 9.90. The Kier molecular flexibility index (Phi) is 15.2. The van der Waals surface area contributed by atoms with Gasteiger partial charge in [-0.05, 0) is 25.5 Å². The van der Waals surface area contributed by atoms with Gasteiger partial charge in [0.15, 0.2) is 5.62 Å². The largest absolute Gasteiger partial charge is 0.347 e. The zero-order valence-corrected chi connectivity index (χ0v) is 16.5. The van der Waals surface area contributed by atoms with E-state index in [0.717, 1.165) is 10.7 Å². The molecule has 0 radical (unpaired) electrons. The second kappa shape index (κ2) is 14.1. The number of nitrogens with one attached hydrogen (secondary N) is 1. The number of hydrogen-bond acceptors (Lipinski definition) is 4. The molecule has 0 fully saturated rings. The van der Waals surface area contributed by atoms with E-state index < -0.39 is 15.1 Å².